The van der Waals surface area contributed by atoms with Crippen LogP contribution >= 0.6 is 34.8 Å². The van der Waals surface area contributed by atoms with E-state index in [0.29, 0.717) is 26.2 Å². The van der Waals surface area contributed by atoms with Crippen molar-refractivity contribution in [1.29, 1.82) is 0 Å². The van der Waals surface area contributed by atoms with E-state index < -0.39 is 5.97 Å². The van der Waals surface area contributed by atoms with Gasteiger partial charge in [0.05, 0.1) is 15.6 Å². The standard InChI is InChI=1S/C13H7Cl3O2/c14-10-5-4-7(13(17)18)6-9(10)8-2-1-3-11(15)12(8)16/h1-6H,(H,17,18). The number of hydrogen-bond donors (Lipinski definition) is 1. The molecule has 0 unspecified atom stereocenters. The number of halogens is 3. The van der Waals surface area contributed by atoms with Crippen molar-refractivity contribution in [1.82, 2.24) is 0 Å². The zero-order valence-electron chi connectivity index (χ0n) is 8.95. The minimum Gasteiger partial charge on any atom is -0.478 e. The Kier molecular flexibility index (Phi) is 3.81. The van der Waals surface area contributed by atoms with Crippen LogP contribution in [-0.4, -0.2) is 11.1 Å². The van der Waals surface area contributed by atoms with E-state index in [-0.39, 0.29) is 5.56 Å². The highest BCUT2D eigenvalue weighted by Gasteiger charge is 2.13. The first-order valence-corrected chi connectivity index (χ1v) is 6.11. The summed E-state index contributed by atoms with van der Waals surface area (Å²) in [5.41, 5.74) is 1.30. The van der Waals surface area contributed by atoms with Gasteiger partial charge >= 0.3 is 5.97 Å². The molecule has 0 heterocycles. The van der Waals surface area contributed by atoms with E-state index in [1.807, 2.05) is 0 Å². The van der Waals surface area contributed by atoms with Crippen molar-refractivity contribution in [3.05, 3.63) is 57.0 Å². The van der Waals surface area contributed by atoms with Crippen molar-refractivity contribution < 1.29 is 9.90 Å². The van der Waals surface area contributed by atoms with Gasteiger partial charge in [0.15, 0.2) is 0 Å². The van der Waals surface area contributed by atoms with Gasteiger partial charge in [0, 0.05) is 16.1 Å². The van der Waals surface area contributed by atoms with Crippen molar-refractivity contribution in [2.24, 2.45) is 0 Å². The van der Waals surface area contributed by atoms with Crippen LogP contribution in [0.3, 0.4) is 0 Å². The first-order chi connectivity index (χ1) is 8.50. The van der Waals surface area contributed by atoms with Crippen LogP contribution < -0.4 is 0 Å². The minimum absolute atomic E-state index is 0.144. The summed E-state index contributed by atoms with van der Waals surface area (Å²) in [6.07, 6.45) is 0. The second-order valence-electron chi connectivity index (χ2n) is 3.60. The second kappa shape index (κ2) is 5.19. The molecular formula is C13H7Cl3O2. The maximum Gasteiger partial charge on any atom is 0.335 e. The molecule has 2 aromatic rings. The van der Waals surface area contributed by atoms with E-state index >= 15 is 0 Å². The lowest BCUT2D eigenvalue weighted by atomic mass is 10.0. The number of rotatable bonds is 2. The maximum atomic E-state index is 10.9. The number of carboxylic acids is 1. The van der Waals surface area contributed by atoms with Crippen LogP contribution in [0.2, 0.25) is 15.1 Å². The molecule has 0 amide bonds. The smallest absolute Gasteiger partial charge is 0.335 e. The summed E-state index contributed by atoms with van der Waals surface area (Å²) in [6.45, 7) is 0. The number of benzene rings is 2. The first kappa shape index (κ1) is 13.2. The molecule has 0 bridgehead atoms. The molecule has 0 aliphatic carbocycles. The molecule has 0 saturated carbocycles. The maximum absolute atomic E-state index is 10.9. The number of aromatic carboxylic acids is 1. The highest BCUT2D eigenvalue weighted by molar-refractivity contribution is 6.44. The molecule has 0 aromatic heterocycles. The van der Waals surface area contributed by atoms with E-state index in [4.69, 9.17) is 39.9 Å². The average Bonchev–Trinajstić information content (AvgIpc) is 2.33. The Hall–Kier alpha value is -1.22. The fourth-order valence-corrected chi connectivity index (χ4v) is 2.20. The molecule has 18 heavy (non-hydrogen) atoms. The molecule has 1 N–H and O–H groups in total. The van der Waals surface area contributed by atoms with Crippen molar-refractivity contribution in [2.75, 3.05) is 0 Å². The van der Waals surface area contributed by atoms with Gasteiger partial charge in [-0.15, -0.1) is 0 Å². The lowest BCUT2D eigenvalue weighted by Crippen LogP contribution is -1.96. The van der Waals surface area contributed by atoms with Crippen molar-refractivity contribution in [3.8, 4) is 11.1 Å². The van der Waals surface area contributed by atoms with Gasteiger partial charge in [0.1, 0.15) is 0 Å². The lowest BCUT2D eigenvalue weighted by Gasteiger charge is -2.09. The Morgan fingerprint density at radius 3 is 2.33 bits per heavy atom. The van der Waals surface area contributed by atoms with E-state index in [1.54, 1.807) is 18.2 Å². The van der Waals surface area contributed by atoms with Crippen molar-refractivity contribution >= 4 is 40.8 Å². The van der Waals surface area contributed by atoms with Gasteiger partial charge in [-0.05, 0) is 24.3 Å². The quantitative estimate of drug-likeness (QED) is 0.846. The SMILES string of the molecule is O=C(O)c1ccc(Cl)c(-c2cccc(Cl)c2Cl)c1. The topological polar surface area (TPSA) is 37.3 Å². The van der Waals surface area contributed by atoms with Crippen LogP contribution in [0.4, 0.5) is 0 Å². The second-order valence-corrected chi connectivity index (χ2v) is 4.79. The molecule has 2 nitrogen and oxygen atoms in total. The molecule has 2 aromatic carbocycles. The molecule has 0 fully saturated rings. The van der Waals surface area contributed by atoms with Gasteiger partial charge in [0.2, 0.25) is 0 Å². The molecule has 92 valence electrons. The molecule has 2 rings (SSSR count). The molecule has 0 atom stereocenters. The number of carbonyl (C=O) groups is 1. The summed E-state index contributed by atoms with van der Waals surface area (Å²) < 4.78 is 0. The molecule has 0 aliphatic rings. The molecular weight excluding hydrogens is 294 g/mol. The predicted octanol–water partition coefficient (Wildman–Crippen LogP) is 5.01. The Balaban J connectivity index is 2.66. The molecule has 0 aliphatic heterocycles. The fourth-order valence-electron chi connectivity index (χ4n) is 1.58. The highest BCUT2D eigenvalue weighted by Crippen LogP contribution is 2.37. The third kappa shape index (κ3) is 2.46. The van der Waals surface area contributed by atoms with Crippen LogP contribution in [0, 0.1) is 0 Å². The highest BCUT2D eigenvalue weighted by atomic mass is 35.5. The first-order valence-electron chi connectivity index (χ1n) is 4.98. The average molecular weight is 302 g/mol. The van der Waals surface area contributed by atoms with E-state index in [1.165, 1.54) is 18.2 Å². The van der Waals surface area contributed by atoms with Crippen molar-refractivity contribution in [3.63, 3.8) is 0 Å². The monoisotopic (exact) mass is 300 g/mol. The molecule has 5 heteroatoms. The van der Waals surface area contributed by atoms with Gasteiger partial charge in [-0.1, -0.05) is 46.9 Å². The van der Waals surface area contributed by atoms with E-state index in [2.05, 4.69) is 0 Å². The van der Waals surface area contributed by atoms with E-state index in [0.717, 1.165) is 0 Å². The van der Waals surface area contributed by atoms with Gasteiger partial charge in [-0.2, -0.15) is 0 Å². The Labute approximate surface area is 119 Å². The van der Waals surface area contributed by atoms with Gasteiger partial charge in [-0.25, -0.2) is 4.79 Å². The number of hydrogen-bond acceptors (Lipinski definition) is 1. The largest absolute Gasteiger partial charge is 0.478 e. The summed E-state index contributed by atoms with van der Waals surface area (Å²) in [5, 5.41) is 10.1. The molecule has 0 saturated heterocycles. The van der Waals surface area contributed by atoms with Crippen molar-refractivity contribution in [2.45, 2.75) is 0 Å². The number of carboxylic acid groups (broad SMARTS) is 1. The molecule has 0 spiro atoms. The van der Waals surface area contributed by atoms with Gasteiger partial charge in [0.25, 0.3) is 0 Å². The zero-order valence-corrected chi connectivity index (χ0v) is 11.2. The van der Waals surface area contributed by atoms with Crippen LogP contribution in [0.5, 0.6) is 0 Å². The normalized spacial score (nSPS) is 10.4. The van der Waals surface area contributed by atoms with Gasteiger partial charge < -0.3 is 5.11 Å². The third-order valence-electron chi connectivity index (χ3n) is 2.46. The minimum atomic E-state index is -1.02. The van der Waals surface area contributed by atoms with Crippen LogP contribution in [0.25, 0.3) is 11.1 Å². The van der Waals surface area contributed by atoms with Gasteiger partial charge in [-0.3, -0.25) is 0 Å². The third-order valence-corrected chi connectivity index (χ3v) is 3.60. The fraction of sp³-hybridized carbons (Fsp3) is 0. The van der Waals surface area contributed by atoms with Crippen LogP contribution in [-0.2, 0) is 0 Å². The zero-order chi connectivity index (χ0) is 13.3. The Morgan fingerprint density at radius 1 is 0.944 bits per heavy atom. The lowest BCUT2D eigenvalue weighted by molar-refractivity contribution is 0.0697. The predicted molar refractivity (Wildman–Crippen MR) is 73.9 cm³/mol. The summed E-state index contributed by atoms with van der Waals surface area (Å²) in [7, 11) is 0. The summed E-state index contributed by atoms with van der Waals surface area (Å²) >= 11 is 18.1. The summed E-state index contributed by atoms with van der Waals surface area (Å²) in [4.78, 5) is 10.9. The Bertz CT molecular complexity index is 624. The van der Waals surface area contributed by atoms with Crippen LogP contribution in [0.15, 0.2) is 36.4 Å². The van der Waals surface area contributed by atoms with Crippen LogP contribution in [0.1, 0.15) is 10.4 Å². The molecule has 0 radical (unpaired) electrons. The Morgan fingerprint density at radius 2 is 1.67 bits per heavy atom. The summed E-state index contributed by atoms with van der Waals surface area (Å²) in [5.74, 6) is -1.02. The van der Waals surface area contributed by atoms with E-state index in [9.17, 15) is 4.79 Å². The summed E-state index contributed by atoms with van der Waals surface area (Å²) in [6, 6.07) is 9.56.